The van der Waals surface area contributed by atoms with Gasteiger partial charge in [0.1, 0.15) is 0 Å². The van der Waals surface area contributed by atoms with Crippen LogP contribution in [-0.4, -0.2) is 0 Å². The second-order valence-electron chi connectivity index (χ2n) is 7.95. The Hall–Kier alpha value is -3.52. The smallest absolute Gasteiger partial charge is 0.0444 e. The van der Waals surface area contributed by atoms with Crippen LogP contribution in [0.15, 0.2) is 84.9 Å². The molecule has 150 valence electrons. The largest absolute Gasteiger partial charge is 0.355 e. The Balaban J connectivity index is 1.65. The summed E-state index contributed by atoms with van der Waals surface area (Å²) >= 11 is 0. The zero-order valence-electron chi connectivity index (χ0n) is 18.1. The molecule has 0 amide bonds. The van der Waals surface area contributed by atoms with Crippen LogP contribution in [0.2, 0.25) is 0 Å². The Kier molecular flexibility index (Phi) is 5.58. The normalized spacial score (nSPS) is 10.7. The summed E-state index contributed by atoms with van der Waals surface area (Å²) in [6.07, 6.45) is 0. The molecule has 0 saturated heterocycles. The van der Waals surface area contributed by atoms with Crippen molar-refractivity contribution in [1.82, 2.24) is 0 Å². The van der Waals surface area contributed by atoms with E-state index in [9.17, 15) is 0 Å². The van der Waals surface area contributed by atoms with Gasteiger partial charge in [-0.05, 0) is 110 Å². The van der Waals surface area contributed by atoms with Gasteiger partial charge in [-0.2, -0.15) is 0 Å². The highest BCUT2D eigenvalue weighted by Gasteiger charge is 2.11. The topological polar surface area (TPSA) is 24.1 Å². The summed E-state index contributed by atoms with van der Waals surface area (Å²) in [5.74, 6) is 0. The molecular formula is C28H28N2. The molecule has 0 radical (unpaired) electrons. The van der Waals surface area contributed by atoms with Crippen molar-refractivity contribution >= 4 is 22.7 Å². The van der Waals surface area contributed by atoms with Gasteiger partial charge in [0.05, 0.1) is 0 Å². The van der Waals surface area contributed by atoms with Gasteiger partial charge in [0.25, 0.3) is 0 Å². The zero-order chi connectivity index (χ0) is 21.1. The molecule has 0 heterocycles. The third-order valence-corrected chi connectivity index (χ3v) is 5.48. The Morgan fingerprint density at radius 2 is 0.733 bits per heavy atom. The maximum atomic E-state index is 3.57. The summed E-state index contributed by atoms with van der Waals surface area (Å²) < 4.78 is 0. The summed E-state index contributed by atoms with van der Waals surface area (Å²) in [6.45, 7) is 8.69. The first kappa shape index (κ1) is 19.8. The molecule has 0 bridgehead atoms. The molecule has 0 aromatic heterocycles. The molecular weight excluding hydrogens is 364 g/mol. The van der Waals surface area contributed by atoms with Crippen LogP contribution in [0.3, 0.4) is 0 Å². The predicted molar refractivity (Wildman–Crippen MR) is 130 cm³/mol. The molecule has 0 unspecified atom stereocenters. The molecule has 0 spiro atoms. The minimum absolute atomic E-state index is 1.11. The predicted octanol–water partition coefficient (Wildman–Crippen LogP) is 8.07. The van der Waals surface area contributed by atoms with Crippen molar-refractivity contribution in [3.63, 3.8) is 0 Å². The Labute approximate surface area is 179 Å². The summed E-state index contributed by atoms with van der Waals surface area (Å²) in [5.41, 5.74) is 12.1. The van der Waals surface area contributed by atoms with Gasteiger partial charge in [-0.3, -0.25) is 0 Å². The van der Waals surface area contributed by atoms with Gasteiger partial charge >= 0.3 is 0 Å². The Morgan fingerprint density at radius 3 is 1.03 bits per heavy atom. The molecule has 4 rings (SSSR count). The van der Waals surface area contributed by atoms with Gasteiger partial charge in [-0.15, -0.1) is 0 Å². The van der Waals surface area contributed by atoms with Crippen molar-refractivity contribution < 1.29 is 0 Å². The summed E-state index contributed by atoms with van der Waals surface area (Å²) in [4.78, 5) is 0. The third kappa shape index (κ3) is 4.23. The average molecular weight is 393 g/mol. The van der Waals surface area contributed by atoms with Crippen LogP contribution < -0.4 is 10.6 Å². The number of hydrogen-bond acceptors (Lipinski definition) is 2. The Bertz CT molecular complexity index is 1020. The van der Waals surface area contributed by atoms with Gasteiger partial charge in [0, 0.05) is 22.7 Å². The van der Waals surface area contributed by atoms with E-state index in [0.717, 1.165) is 11.4 Å². The van der Waals surface area contributed by atoms with E-state index in [0.29, 0.717) is 0 Å². The quantitative estimate of drug-likeness (QED) is 0.359. The molecule has 0 saturated carbocycles. The Morgan fingerprint density at radius 1 is 0.433 bits per heavy atom. The van der Waals surface area contributed by atoms with E-state index in [4.69, 9.17) is 0 Å². The van der Waals surface area contributed by atoms with Gasteiger partial charge in [0.15, 0.2) is 0 Å². The fourth-order valence-corrected chi connectivity index (χ4v) is 3.99. The van der Waals surface area contributed by atoms with Crippen LogP contribution in [0.1, 0.15) is 22.3 Å². The molecule has 0 aliphatic rings. The lowest BCUT2D eigenvalue weighted by Gasteiger charge is -2.18. The van der Waals surface area contributed by atoms with E-state index < -0.39 is 0 Å². The molecule has 0 aliphatic carbocycles. The van der Waals surface area contributed by atoms with Gasteiger partial charge in [-0.1, -0.05) is 36.4 Å². The maximum absolute atomic E-state index is 3.57. The van der Waals surface area contributed by atoms with E-state index in [1.54, 1.807) is 0 Å². The first-order valence-electron chi connectivity index (χ1n) is 10.4. The molecule has 2 N–H and O–H groups in total. The second kappa shape index (κ2) is 8.46. The minimum atomic E-state index is 1.11. The molecule has 30 heavy (non-hydrogen) atoms. The van der Waals surface area contributed by atoms with Crippen molar-refractivity contribution in [2.24, 2.45) is 0 Å². The fraction of sp³-hybridized carbons (Fsp3) is 0.143. The highest BCUT2D eigenvalue weighted by molar-refractivity contribution is 5.78. The van der Waals surface area contributed by atoms with Crippen molar-refractivity contribution in [3.05, 3.63) is 107 Å². The van der Waals surface area contributed by atoms with Crippen LogP contribution in [0, 0.1) is 27.7 Å². The number of hydrogen-bond donors (Lipinski definition) is 2. The molecule has 0 fully saturated rings. The van der Waals surface area contributed by atoms with E-state index in [1.807, 2.05) is 12.1 Å². The van der Waals surface area contributed by atoms with Crippen molar-refractivity contribution in [3.8, 4) is 11.1 Å². The SMILES string of the molecule is Cc1cc(-c2cc(C)c(Nc3ccccc3)c(C)c2)cc(C)c1Nc1ccccc1. The highest BCUT2D eigenvalue weighted by Crippen LogP contribution is 2.34. The van der Waals surface area contributed by atoms with E-state index in [1.165, 1.54) is 44.8 Å². The van der Waals surface area contributed by atoms with E-state index >= 15 is 0 Å². The monoisotopic (exact) mass is 392 g/mol. The van der Waals surface area contributed by atoms with E-state index in [2.05, 4.69) is 111 Å². The van der Waals surface area contributed by atoms with Crippen molar-refractivity contribution in [2.75, 3.05) is 10.6 Å². The fourth-order valence-electron chi connectivity index (χ4n) is 3.99. The lowest BCUT2D eigenvalue weighted by Crippen LogP contribution is -1.99. The number of aryl methyl sites for hydroxylation is 4. The number of benzene rings is 4. The van der Waals surface area contributed by atoms with Gasteiger partial charge in [-0.25, -0.2) is 0 Å². The molecule has 2 heteroatoms. The number of rotatable bonds is 5. The van der Waals surface area contributed by atoms with E-state index in [-0.39, 0.29) is 0 Å². The van der Waals surface area contributed by atoms with Gasteiger partial charge < -0.3 is 10.6 Å². The van der Waals surface area contributed by atoms with Crippen LogP contribution in [0.25, 0.3) is 11.1 Å². The summed E-state index contributed by atoms with van der Waals surface area (Å²) in [5, 5.41) is 7.14. The summed E-state index contributed by atoms with van der Waals surface area (Å²) in [7, 11) is 0. The van der Waals surface area contributed by atoms with Crippen LogP contribution in [-0.2, 0) is 0 Å². The molecule has 2 nitrogen and oxygen atoms in total. The molecule has 4 aromatic carbocycles. The first-order chi connectivity index (χ1) is 14.5. The van der Waals surface area contributed by atoms with Crippen LogP contribution >= 0.6 is 0 Å². The first-order valence-corrected chi connectivity index (χ1v) is 10.4. The lowest BCUT2D eigenvalue weighted by molar-refractivity contribution is 1.33. The molecule has 4 aromatic rings. The number of para-hydroxylation sites is 2. The average Bonchev–Trinajstić information content (AvgIpc) is 2.74. The van der Waals surface area contributed by atoms with Crippen LogP contribution in [0.4, 0.5) is 22.7 Å². The highest BCUT2D eigenvalue weighted by atomic mass is 14.9. The third-order valence-electron chi connectivity index (χ3n) is 5.48. The minimum Gasteiger partial charge on any atom is -0.355 e. The molecule has 0 aliphatic heterocycles. The van der Waals surface area contributed by atoms with Crippen molar-refractivity contribution in [1.29, 1.82) is 0 Å². The lowest BCUT2D eigenvalue weighted by atomic mass is 9.95. The maximum Gasteiger partial charge on any atom is 0.0444 e. The van der Waals surface area contributed by atoms with Crippen LogP contribution in [0.5, 0.6) is 0 Å². The number of anilines is 4. The zero-order valence-corrected chi connectivity index (χ0v) is 18.1. The standard InChI is InChI=1S/C28H28N2/c1-19-15-23(16-20(2)27(19)29-25-11-7-5-8-12-25)24-17-21(3)28(22(4)18-24)30-26-13-9-6-10-14-26/h5-18,29-30H,1-4H3. The second-order valence-corrected chi connectivity index (χ2v) is 7.95. The summed E-state index contributed by atoms with van der Waals surface area (Å²) in [6, 6.07) is 29.8. The number of nitrogens with one attached hydrogen (secondary N) is 2. The van der Waals surface area contributed by atoms with Crippen molar-refractivity contribution in [2.45, 2.75) is 27.7 Å². The van der Waals surface area contributed by atoms with Gasteiger partial charge in [0.2, 0.25) is 0 Å². The molecule has 0 atom stereocenters.